The summed E-state index contributed by atoms with van der Waals surface area (Å²) in [6, 6.07) is 5.60. The monoisotopic (exact) mass is 405 g/mol. The molecule has 0 bridgehead atoms. The van der Waals surface area contributed by atoms with Crippen LogP contribution < -0.4 is 5.73 Å². The molecule has 0 amide bonds. The van der Waals surface area contributed by atoms with Gasteiger partial charge in [-0.25, -0.2) is 0 Å². The highest BCUT2D eigenvalue weighted by atomic mass is 79.9. The van der Waals surface area contributed by atoms with Gasteiger partial charge in [-0.2, -0.15) is 5.10 Å². The lowest BCUT2D eigenvalue weighted by molar-refractivity contribution is 0.638. The van der Waals surface area contributed by atoms with Crippen LogP contribution >= 0.6 is 43.5 Å². The van der Waals surface area contributed by atoms with Gasteiger partial charge >= 0.3 is 0 Å². The van der Waals surface area contributed by atoms with Gasteiger partial charge in [-0.1, -0.05) is 33.6 Å². The van der Waals surface area contributed by atoms with Crippen LogP contribution in [0.1, 0.15) is 23.0 Å². The fourth-order valence-electron chi connectivity index (χ4n) is 2.02. The van der Waals surface area contributed by atoms with Crippen molar-refractivity contribution in [1.29, 1.82) is 0 Å². The molecule has 19 heavy (non-hydrogen) atoms. The summed E-state index contributed by atoms with van der Waals surface area (Å²) < 4.78 is 3.82. The highest BCUT2D eigenvalue weighted by Crippen LogP contribution is 2.29. The highest BCUT2D eigenvalue weighted by molar-refractivity contribution is 9.10. The number of rotatable bonds is 3. The average molecular weight is 408 g/mol. The van der Waals surface area contributed by atoms with Crippen molar-refractivity contribution in [2.75, 3.05) is 0 Å². The molecule has 0 aliphatic heterocycles. The zero-order valence-electron chi connectivity index (χ0n) is 10.6. The minimum Gasteiger partial charge on any atom is -0.324 e. The van der Waals surface area contributed by atoms with Gasteiger partial charge in [-0.15, -0.1) is 0 Å². The van der Waals surface area contributed by atoms with Crippen LogP contribution in [0.3, 0.4) is 0 Å². The molecular formula is C13H14Br2ClN3. The van der Waals surface area contributed by atoms with Gasteiger partial charge in [0.1, 0.15) is 0 Å². The van der Waals surface area contributed by atoms with Crippen LogP contribution in [0, 0.1) is 6.92 Å². The average Bonchev–Trinajstić information content (AvgIpc) is 2.56. The van der Waals surface area contributed by atoms with E-state index in [2.05, 4.69) is 37.0 Å². The number of aromatic nitrogens is 2. The van der Waals surface area contributed by atoms with E-state index in [1.165, 1.54) is 0 Å². The number of nitrogens with zero attached hydrogens (tertiary/aromatic N) is 2. The number of nitrogens with two attached hydrogens (primary N) is 1. The van der Waals surface area contributed by atoms with Crippen molar-refractivity contribution in [1.82, 2.24) is 9.78 Å². The van der Waals surface area contributed by atoms with E-state index in [1.807, 2.05) is 36.9 Å². The number of halogens is 3. The van der Waals surface area contributed by atoms with E-state index in [0.29, 0.717) is 11.4 Å². The van der Waals surface area contributed by atoms with Crippen molar-refractivity contribution in [3.8, 4) is 0 Å². The van der Waals surface area contributed by atoms with Gasteiger partial charge in [0.25, 0.3) is 0 Å². The van der Waals surface area contributed by atoms with Crippen LogP contribution in [0.5, 0.6) is 0 Å². The lowest BCUT2D eigenvalue weighted by Gasteiger charge is -2.14. The quantitative estimate of drug-likeness (QED) is 0.831. The molecule has 0 aliphatic carbocycles. The summed E-state index contributed by atoms with van der Waals surface area (Å²) in [4.78, 5) is 0. The molecule has 2 aromatic rings. The van der Waals surface area contributed by atoms with Crippen LogP contribution in [-0.4, -0.2) is 9.78 Å². The third kappa shape index (κ3) is 3.21. The fraction of sp³-hybridized carbons (Fsp3) is 0.308. The Kier molecular flexibility index (Phi) is 4.71. The van der Waals surface area contributed by atoms with E-state index in [-0.39, 0.29) is 6.04 Å². The molecule has 1 heterocycles. The van der Waals surface area contributed by atoms with Crippen LogP contribution in [0.2, 0.25) is 5.02 Å². The first-order chi connectivity index (χ1) is 8.90. The molecule has 102 valence electrons. The molecule has 0 radical (unpaired) electrons. The van der Waals surface area contributed by atoms with E-state index in [0.717, 1.165) is 25.9 Å². The molecule has 2 rings (SSSR count). The van der Waals surface area contributed by atoms with Crippen LogP contribution in [0.25, 0.3) is 0 Å². The molecule has 1 aromatic carbocycles. The molecule has 0 saturated heterocycles. The minimum absolute atomic E-state index is 0.160. The maximum atomic E-state index is 6.26. The van der Waals surface area contributed by atoms with Crippen molar-refractivity contribution in [3.63, 3.8) is 0 Å². The van der Waals surface area contributed by atoms with Gasteiger partial charge in [0.05, 0.1) is 15.9 Å². The summed E-state index contributed by atoms with van der Waals surface area (Å²) in [6.07, 6.45) is 0.680. The zero-order valence-corrected chi connectivity index (χ0v) is 14.6. The van der Waals surface area contributed by atoms with E-state index < -0.39 is 0 Å². The molecule has 0 saturated carbocycles. The third-order valence-electron chi connectivity index (χ3n) is 3.04. The summed E-state index contributed by atoms with van der Waals surface area (Å²) in [5, 5.41) is 5.05. The molecule has 1 aromatic heterocycles. The molecule has 6 heteroatoms. The molecule has 1 atom stereocenters. The minimum atomic E-state index is -0.160. The zero-order chi connectivity index (χ0) is 14.2. The largest absolute Gasteiger partial charge is 0.324 e. The first-order valence-corrected chi connectivity index (χ1v) is 7.75. The Hall–Kier alpha value is -0.360. The Labute approximate surface area is 134 Å². The van der Waals surface area contributed by atoms with E-state index in [4.69, 9.17) is 17.3 Å². The van der Waals surface area contributed by atoms with Gasteiger partial charge in [-0.3, -0.25) is 4.68 Å². The van der Waals surface area contributed by atoms with Crippen LogP contribution in [0.4, 0.5) is 0 Å². The van der Waals surface area contributed by atoms with Gasteiger partial charge in [0.2, 0.25) is 0 Å². The Bertz CT molecular complexity index is 610. The maximum absolute atomic E-state index is 6.26. The smallest absolute Gasteiger partial charge is 0.0738 e. The molecule has 1 unspecified atom stereocenters. The third-order valence-corrected chi connectivity index (χ3v) is 4.89. The molecule has 0 spiro atoms. The van der Waals surface area contributed by atoms with Crippen LogP contribution in [0.15, 0.2) is 27.1 Å². The van der Waals surface area contributed by atoms with E-state index in [1.54, 1.807) is 0 Å². The Morgan fingerprint density at radius 3 is 2.63 bits per heavy atom. The predicted octanol–water partition coefficient (Wildman–Crippen LogP) is 4.15. The topological polar surface area (TPSA) is 43.8 Å². The summed E-state index contributed by atoms with van der Waals surface area (Å²) in [5.74, 6) is 0. The summed E-state index contributed by atoms with van der Waals surface area (Å²) in [6.45, 7) is 1.96. The lowest BCUT2D eigenvalue weighted by Crippen LogP contribution is -2.16. The molecular weight excluding hydrogens is 393 g/mol. The molecule has 2 N–H and O–H groups in total. The standard InChI is InChI=1S/C13H14Br2ClN3/c1-7-13(15)12(19(2)18-7)6-11(17)9-4-3-8(14)5-10(9)16/h3-5,11H,6,17H2,1-2H3. The molecule has 0 fully saturated rings. The Morgan fingerprint density at radius 2 is 2.11 bits per heavy atom. The summed E-state index contributed by atoms with van der Waals surface area (Å²) >= 11 is 13.2. The first kappa shape index (κ1) is 15.0. The molecule has 0 aliphatic rings. The predicted molar refractivity (Wildman–Crippen MR) is 85.4 cm³/mol. The van der Waals surface area contributed by atoms with E-state index in [9.17, 15) is 0 Å². The first-order valence-electron chi connectivity index (χ1n) is 5.78. The second kappa shape index (κ2) is 5.95. The fourth-order valence-corrected chi connectivity index (χ4v) is 3.33. The molecule has 3 nitrogen and oxygen atoms in total. The number of hydrogen-bond acceptors (Lipinski definition) is 2. The van der Waals surface area contributed by atoms with Gasteiger partial charge in [0, 0.05) is 29.0 Å². The normalized spacial score (nSPS) is 12.7. The Balaban J connectivity index is 2.28. The number of benzene rings is 1. The van der Waals surface area contributed by atoms with Gasteiger partial charge in [0.15, 0.2) is 0 Å². The van der Waals surface area contributed by atoms with Crippen molar-refractivity contribution in [2.45, 2.75) is 19.4 Å². The Morgan fingerprint density at radius 1 is 1.42 bits per heavy atom. The van der Waals surface area contributed by atoms with Gasteiger partial charge in [-0.05, 0) is 40.5 Å². The van der Waals surface area contributed by atoms with Crippen molar-refractivity contribution < 1.29 is 0 Å². The second-order valence-electron chi connectivity index (χ2n) is 4.45. The van der Waals surface area contributed by atoms with Crippen molar-refractivity contribution >= 4 is 43.5 Å². The van der Waals surface area contributed by atoms with Gasteiger partial charge < -0.3 is 5.73 Å². The van der Waals surface area contributed by atoms with Crippen molar-refractivity contribution in [2.24, 2.45) is 12.8 Å². The maximum Gasteiger partial charge on any atom is 0.0738 e. The second-order valence-corrected chi connectivity index (χ2v) is 6.56. The highest BCUT2D eigenvalue weighted by Gasteiger charge is 2.17. The van der Waals surface area contributed by atoms with E-state index >= 15 is 0 Å². The number of aryl methyl sites for hydroxylation is 2. The SMILES string of the molecule is Cc1nn(C)c(CC(N)c2ccc(Br)cc2Cl)c1Br. The van der Waals surface area contributed by atoms with Crippen LogP contribution in [-0.2, 0) is 13.5 Å². The summed E-state index contributed by atoms with van der Waals surface area (Å²) in [7, 11) is 1.92. The lowest BCUT2D eigenvalue weighted by atomic mass is 10.0. The summed E-state index contributed by atoms with van der Waals surface area (Å²) in [5.41, 5.74) is 9.24. The number of hydrogen-bond donors (Lipinski definition) is 1. The van der Waals surface area contributed by atoms with Crippen molar-refractivity contribution in [3.05, 3.63) is 49.1 Å².